The van der Waals surface area contributed by atoms with E-state index in [1.165, 1.54) is 167 Å². The summed E-state index contributed by atoms with van der Waals surface area (Å²) in [5.74, 6) is 0. The van der Waals surface area contributed by atoms with Gasteiger partial charge < -0.3 is 0 Å². The monoisotopic (exact) mass is 466 g/mol. The van der Waals surface area contributed by atoms with Crippen molar-refractivity contribution in [3.63, 3.8) is 0 Å². The van der Waals surface area contributed by atoms with Gasteiger partial charge in [0.25, 0.3) is 0 Å². The summed E-state index contributed by atoms with van der Waals surface area (Å²) in [6.07, 6.45) is 34.3. The van der Waals surface area contributed by atoms with Gasteiger partial charge in [-0.15, -0.1) is 0 Å². The van der Waals surface area contributed by atoms with Crippen LogP contribution in [0.2, 0.25) is 0 Å². The maximum absolute atomic E-state index is 2.88. The molecule has 0 aromatic carbocycles. The minimum atomic E-state index is 0.381. The molecule has 0 atom stereocenters. The Morgan fingerprint density at radius 3 is 0.970 bits per heavy atom. The minimum Gasteiger partial charge on any atom is -0.298 e. The molecular formula is C32H67N. The van der Waals surface area contributed by atoms with Crippen LogP contribution in [0.25, 0.3) is 0 Å². The Hall–Kier alpha value is -0.0400. The van der Waals surface area contributed by atoms with Gasteiger partial charge in [-0.2, -0.15) is 0 Å². The number of hydrogen-bond donors (Lipinski definition) is 0. The highest BCUT2D eigenvalue weighted by molar-refractivity contribution is 4.81. The third kappa shape index (κ3) is 22.2. The number of unbranched alkanes of at least 4 members (excludes halogenated alkanes) is 20. The highest BCUT2D eigenvalue weighted by Gasteiger charge is 2.25. The zero-order valence-electron chi connectivity index (χ0n) is 24.3. The van der Waals surface area contributed by atoms with Crippen molar-refractivity contribution in [1.82, 2.24) is 4.90 Å². The van der Waals surface area contributed by atoms with Crippen LogP contribution in [0.4, 0.5) is 0 Å². The third-order valence-corrected chi connectivity index (χ3v) is 7.81. The molecule has 0 spiro atoms. The smallest absolute Gasteiger partial charge is 0.0153 e. The van der Waals surface area contributed by atoms with Crippen molar-refractivity contribution in [3.05, 3.63) is 0 Å². The molecule has 0 rings (SSSR count). The molecule has 0 radical (unpaired) electrons. The minimum absolute atomic E-state index is 0.381. The molecule has 0 unspecified atom stereocenters. The van der Waals surface area contributed by atoms with E-state index in [9.17, 15) is 0 Å². The second-order valence-electron chi connectivity index (χ2n) is 11.6. The SMILES string of the molecule is CCCCCCCCCCCC(C)(C)N(CCCCCCCCC)CCCCCCCCC. The molecule has 200 valence electrons. The lowest BCUT2D eigenvalue weighted by Gasteiger charge is -2.39. The van der Waals surface area contributed by atoms with Crippen molar-refractivity contribution in [1.29, 1.82) is 0 Å². The predicted molar refractivity (Wildman–Crippen MR) is 153 cm³/mol. The molecule has 0 heterocycles. The van der Waals surface area contributed by atoms with Crippen molar-refractivity contribution >= 4 is 0 Å². The molecule has 1 heteroatoms. The Balaban J connectivity index is 4.21. The third-order valence-electron chi connectivity index (χ3n) is 7.81. The van der Waals surface area contributed by atoms with Crippen LogP contribution in [-0.2, 0) is 0 Å². The predicted octanol–water partition coefficient (Wildman–Crippen LogP) is 11.5. The number of rotatable bonds is 27. The van der Waals surface area contributed by atoms with Gasteiger partial charge in [0.1, 0.15) is 0 Å². The molecule has 1 nitrogen and oxygen atoms in total. The van der Waals surface area contributed by atoms with Crippen LogP contribution < -0.4 is 0 Å². The molecule has 0 saturated carbocycles. The van der Waals surface area contributed by atoms with Crippen LogP contribution in [-0.4, -0.2) is 23.5 Å². The molecule has 0 aliphatic heterocycles. The molecular weight excluding hydrogens is 398 g/mol. The van der Waals surface area contributed by atoms with Gasteiger partial charge in [-0.1, -0.05) is 156 Å². The highest BCUT2D eigenvalue weighted by Crippen LogP contribution is 2.25. The van der Waals surface area contributed by atoms with Crippen LogP contribution in [0.15, 0.2) is 0 Å². The van der Waals surface area contributed by atoms with Crippen molar-refractivity contribution in [3.8, 4) is 0 Å². The molecule has 0 aliphatic carbocycles. The van der Waals surface area contributed by atoms with Gasteiger partial charge >= 0.3 is 0 Å². The quantitative estimate of drug-likeness (QED) is 0.109. The second kappa shape index (κ2) is 25.1. The molecule has 0 bridgehead atoms. The lowest BCUT2D eigenvalue weighted by Crippen LogP contribution is -2.45. The fourth-order valence-electron chi connectivity index (χ4n) is 5.26. The van der Waals surface area contributed by atoms with Crippen LogP contribution >= 0.6 is 0 Å². The Morgan fingerprint density at radius 2 is 0.636 bits per heavy atom. The molecule has 33 heavy (non-hydrogen) atoms. The summed E-state index contributed by atoms with van der Waals surface area (Å²) in [7, 11) is 0. The molecule has 0 saturated heterocycles. The van der Waals surface area contributed by atoms with E-state index in [4.69, 9.17) is 0 Å². The molecule has 0 aliphatic rings. The van der Waals surface area contributed by atoms with E-state index in [0.29, 0.717) is 5.54 Å². The first-order valence-corrected chi connectivity index (χ1v) is 15.8. The molecule has 0 N–H and O–H groups in total. The Morgan fingerprint density at radius 1 is 0.364 bits per heavy atom. The molecule has 0 aromatic heterocycles. The van der Waals surface area contributed by atoms with Gasteiger partial charge in [0, 0.05) is 5.54 Å². The molecule has 0 amide bonds. The summed E-state index contributed by atoms with van der Waals surface area (Å²) in [6, 6.07) is 0. The summed E-state index contributed by atoms with van der Waals surface area (Å²) < 4.78 is 0. The topological polar surface area (TPSA) is 3.24 Å². The van der Waals surface area contributed by atoms with Crippen LogP contribution in [0, 0.1) is 0 Å². The lowest BCUT2D eigenvalue weighted by atomic mass is 9.92. The van der Waals surface area contributed by atoms with Gasteiger partial charge in [0.15, 0.2) is 0 Å². The first-order valence-electron chi connectivity index (χ1n) is 15.8. The number of nitrogens with zero attached hydrogens (tertiary/aromatic N) is 1. The van der Waals surface area contributed by atoms with Crippen LogP contribution in [0.5, 0.6) is 0 Å². The van der Waals surface area contributed by atoms with E-state index in [0.717, 1.165) is 0 Å². The zero-order chi connectivity index (χ0) is 24.5. The lowest BCUT2D eigenvalue weighted by molar-refractivity contribution is 0.102. The summed E-state index contributed by atoms with van der Waals surface area (Å²) in [5, 5.41) is 0. The fourth-order valence-corrected chi connectivity index (χ4v) is 5.26. The van der Waals surface area contributed by atoms with E-state index in [2.05, 4.69) is 39.5 Å². The van der Waals surface area contributed by atoms with Crippen molar-refractivity contribution in [2.45, 2.75) is 194 Å². The highest BCUT2D eigenvalue weighted by atomic mass is 15.2. The standard InChI is InChI=1S/C32H67N/c1-6-9-12-15-18-19-20-23-26-29-32(4,5)33(30-27-24-21-16-13-10-7-2)31-28-25-22-17-14-11-8-3/h6-31H2,1-5H3. The zero-order valence-corrected chi connectivity index (χ0v) is 24.3. The second-order valence-corrected chi connectivity index (χ2v) is 11.6. The average molecular weight is 466 g/mol. The van der Waals surface area contributed by atoms with Gasteiger partial charge in [-0.05, 0) is 46.2 Å². The van der Waals surface area contributed by atoms with E-state index < -0.39 is 0 Å². The van der Waals surface area contributed by atoms with E-state index in [1.54, 1.807) is 0 Å². The van der Waals surface area contributed by atoms with Gasteiger partial charge in [0.2, 0.25) is 0 Å². The van der Waals surface area contributed by atoms with Crippen molar-refractivity contribution in [2.24, 2.45) is 0 Å². The average Bonchev–Trinajstić information content (AvgIpc) is 2.80. The number of hydrogen-bond acceptors (Lipinski definition) is 1. The van der Waals surface area contributed by atoms with Gasteiger partial charge in [-0.3, -0.25) is 4.90 Å². The maximum Gasteiger partial charge on any atom is 0.0153 e. The molecule has 0 aromatic rings. The maximum atomic E-state index is 2.88. The summed E-state index contributed by atoms with van der Waals surface area (Å²) in [4.78, 5) is 2.88. The first-order chi connectivity index (χ1) is 16.1. The van der Waals surface area contributed by atoms with Gasteiger partial charge in [-0.25, -0.2) is 0 Å². The summed E-state index contributed by atoms with van der Waals surface area (Å²) in [5.41, 5.74) is 0.381. The van der Waals surface area contributed by atoms with Crippen molar-refractivity contribution < 1.29 is 0 Å². The molecule has 0 fully saturated rings. The summed E-state index contributed by atoms with van der Waals surface area (Å²) >= 11 is 0. The van der Waals surface area contributed by atoms with Crippen LogP contribution in [0.1, 0.15) is 189 Å². The van der Waals surface area contributed by atoms with Crippen molar-refractivity contribution in [2.75, 3.05) is 13.1 Å². The van der Waals surface area contributed by atoms with E-state index >= 15 is 0 Å². The van der Waals surface area contributed by atoms with E-state index in [-0.39, 0.29) is 0 Å². The summed E-state index contributed by atoms with van der Waals surface area (Å²) in [6.45, 7) is 14.7. The fraction of sp³-hybridized carbons (Fsp3) is 1.00. The Kier molecular flexibility index (Phi) is 25.0. The Labute approximate surface area is 212 Å². The van der Waals surface area contributed by atoms with E-state index in [1.807, 2.05) is 0 Å². The Bertz CT molecular complexity index is 344. The normalized spacial score (nSPS) is 12.2. The first kappa shape index (κ1) is 33.0. The van der Waals surface area contributed by atoms with Crippen LogP contribution in [0.3, 0.4) is 0 Å². The largest absolute Gasteiger partial charge is 0.298 e. The van der Waals surface area contributed by atoms with Gasteiger partial charge in [0.05, 0.1) is 0 Å².